The van der Waals surface area contributed by atoms with Crippen molar-refractivity contribution < 1.29 is 4.79 Å². The predicted molar refractivity (Wildman–Crippen MR) is 114 cm³/mol. The molecule has 2 aromatic heterocycles. The number of nitrogens with two attached hydrogens (primary N) is 1. The molecule has 1 aromatic carbocycles. The van der Waals surface area contributed by atoms with Gasteiger partial charge in [0.1, 0.15) is 0 Å². The quantitative estimate of drug-likeness (QED) is 0.721. The van der Waals surface area contributed by atoms with Crippen LogP contribution in [0.4, 0.5) is 5.69 Å². The third-order valence-electron chi connectivity index (χ3n) is 4.95. The normalized spacial score (nSPS) is 13.2. The van der Waals surface area contributed by atoms with E-state index in [2.05, 4.69) is 42.2 Å². The minimum Gasteiger partial charge on any atom is -0.397 e. The maximum Gasteiger partial charge on any atom is 0.229 e. The van der Waals surface area contributed by atoms with Gasteiger partial charge in [-0.1, -0.05) is 24.3 Å². The summed E-state index contributed by atoms with van der Waals surface area (Å²) in [4.78, 5) is 22.7. The maximum atomic E-state index is 12.9. The average Bonchev–Trinajstić information content (AvgIpc) is 3.32. The maximum absolute atomic E-state index is 12.9. The van der Waals surface area contributed by atoms with Crippen molar-refractivity contribution in [3.05, 3.63) is 70.2 Å². The molecule has 0 spiro atoms. The fourth-order valence-corrected chi connectivity index (χ4v) is 4.25. The Morgan fingerprint density at radius 1 is 1.18 bits per heavy atom. The van der Waals surface area contributed by atoms with Gasteiger partial charge in [-0.05, 0) is 54.4 Å². The SMILES string of the molecule is CN(C)Cc1ccc2c(c1)CN(C(=O)Cc1nc(-c3cccs3)ccc1N)C2. The van der Waals surface area contributed by atoms with Gasteiger partial charge in [0, 0.05) is 19.6 Å². The highest BCUT2D eigenvalue weighted by molar-refractivity contribution is 7.13. The lowest BCUT2D eigenvalue weighted by Gasteiger charge is -2.16. The number of carbonyl (C=O) groups is 1. The van der Waals surface area contributed by atoms with Crippen LogP contribution in [0.2, 0.25) is 0 Å². The summed E-state index contributed by atoms with van der Waals surface area (Å²) in [5.74, 6) is 0.0629. The van der Waals surface area contributed by atoms with Gasteiger partial charge in [-0.3, -0.25) is 4.79 Å². The molecule has 0 saturated heterocycles. The summed E-state index contributed by atoms with van der Waals surface area (Å²) in [6, 6.07) is 14.3. The number of thiophene rings is 1. The molecular weight excluding hydrogens is 368 g/mol. The van der Waals surface area contributed by atoms with Gasteiger partial charge >= 0.3 is 0 Å². The molecule has 1 aliphatic heterocycles. The van der Waals surface area contributed by atoms with E-state index in [1.165, 1.54) is 16.7 Å². The van der Waals surface area contributed by atoms with E-state index in [1.807, 2.05) is 34.5 Å². The van der Waals surface area contributed by atoms with Crippen molar-refractivity contribution in [1.29, 1.82) is 0 Å². The lowest BCUT2D eigenvalue weighted by atomic mass is 10.1. The number of pyridine rings is 1. The molecule has 0 saturated carbocycles. The number of benzene rings is 1. The van der Waals surface area contributed by atoms with Crippen LogP contribution in [0.3, 0.4) is 0 Å². The Morgan fingerprint density at radius 2 is 2.00 bits per heavy atom. The number of nitrogen functional groups attached to an aromatic ring is 1. The molecule has 4 rings (SSSR count). The molecule has 5 nitrogen and oxygen atoms in total. The Labute approximate surface area is 169 Å². The Morgan fingerprint density at radius 3 is 2.75 bits per heavy atom. The average molecular weight is 393 g/mol. The van der Waals surface area contributed by atoms with Crippen LogP contribution in [0.1, 0.15) is 22.4 Å². The molecule has 0 atom stereocenters. The number of aromatic nitrogens is 1. The van der Waals surface area contributed by atoms with Crippen LogP contribution >= 0.6 is 11.3 Å². The highest BCUT2D eigenvalue weighted by Gasteiger charge is 2.24. The first kappa shape index (κ1) is 18.7. The van der Waals surface area contributed by atoms with Gasteiger partial charge in [0.05, 0.1) is 28.4 Å². The second-order valence-corrected chi connectivity index (χ2v) is 8.42. The monoisotopic (exact) mass is 392 g/mol. The van der Waals surface area contributed by atoms with Crippen LogP contribution in [-0.4, -0.2) is 34.8 Å². The number of amides is 1. The number of rotatable bonds is 5. The molecular formula is C22H24N4OS. The van der Waals surface area contributed by atoms with Gasteiger partial charge in [0.25, 0.3) is 0 Å². The zero-order valence-electron chi connectivity index (χ0n) is 16.2. The summed E-state index contributed by atoms with van der Waals surface area (Å²) in [7, 11) is 4.12. The molecule has 6 heteroatoms. The molecule has 2 N–H and O–H groups in total. The molecule has 1 aliphatic rings. The van der Waals surface area contributed by atoms with Crippen molar-refractivity contribution >= 4 is 22.9 Å². The molecule has 3 aromatic rings. The predicted octanol–water partition coefficient (Wildman–Crippen LogP) is 3.54. The second-order valence-electron chi connectivity index (χ2n) is 7.48. The van der Waals surface area contributed by atoms with Crippen LogP contribution in [0.5, 0.6) is 0 Å². The third-order valence-corrected chi connectivity index (χ3v) is 5.84. The van der Waals surface area contributed by atoms with Crippen molar-refractivity contribution in [1.82, 2.24) is 14.8 Å². The van der Waals surface area contributed by atoms with Crippen molar-refractivity contribution in [2.24, 2.45) is 0 Å². The molecule has 0 bridgehead atoms. The first-order valence-corrected chi connectivity index (χ1v) is 10.2. The summed E-state index contributed by atoms with van der Waals surface area (Å²) >= 11 is 1.63. The van der Waals surface area contributed by atoms with Gasteiger partial charge in [-0.15, -0.1) is 11.3 Å². The number of nitrogens with zero attached hydrogens (tertiary/aromatic N) is 3. The zero-order chi connectivity index (χ0) is 19.7. The molecule has 1 amide bonds. The summed E-state index contributed by atoms with van der Waals surface area (Å²) in [6.07, 6.45) is 0.226. The Bertz CT molecular complexity index is 998. The minimum atomic E-state index is 0.0629. The van der Waals surface area contributed by atoms with Crippen molar-refractivity contribution in [3.8, 4) is 10.6 Å². The summed E-state index contributed by atoms with van der Waals surface area (Å²) in [5, 5.41) is 2.02. The molecule has 0 aliphatic carbocycles. The van der Waals surface area contributed by atoms with Crippen LogP contribution < -0.4 is 5.73 Å². The lowest BCUT2D eigenvalue weighted by molar-refractivity contribution is -0.131. The Balaban J connectivity index is 1.48. The zero-order valence-corrected chi connectivity index (χ0v) is 17.0. The van der Waals surface area contributed by atoms with Crippen molar-refractivity contribution in [2.45, 2.75) is 26.1 Å². The molecule has 28 heavy (non-hydrogen) atoms. The third kappa shape index (κ3) is 3.93. The van der Waals surface area contributed by atoms with Gasteiger partial charge in [-0.2, -0.15) is 0 Å². The first-order chi connectivity index (χ1) is 13.5. The first-order valence-electron chi connectivity index (χ1n) is 9.32. The second kappa shape index (κ2) is 7.73. The fraction of sp³-hybridized carbons (Fsp3) is 0.273. The minimum absolute atomic E-state index is 0.0629. The van der Waals surface area contributed by atoms with Crippen LogP contribution in [-0.2, 0) is 30.8 Å². The van der Waals surface area contributed by atoms with Gasteiger partial charge in [0.2, 0.25) is 5.91 Å². The smallest absolute Gasteiger partial charge is 0.229 e. The molecule has 0 radical (unpaired) electrons. The fourth-order valence-electron chi connectivity index (χ4n) is 3.56. The number of hydrogen-bond acceptors (Lipinski definition) is 5. The summed E-state index contributed by atoms with van der Waals surface area (Å²) < 4.78 is 0. The highest BCUT2D eigenvalue weighted by atomic mass is 32.1. The molecule has 0 unspecified atom stereocenters. The van der Waals surface area contributed by atoms with Crippen LogP contribution in [0, 0.1) is 0 Å². The van der Waals surface area contributed by atoms with E-state index in [1.54, 1.807) is 11.3 Å². The van der Waals surface area contributed by atoms with Gasteiger partial charge < -0.3 is 15.5 Å². The van der Waals surface area contributed by atoms with Crippen LogP contribution in [0.15, 0.2) is 47.8 Å². The standard InChI is InChI=1S/C22H24N4OS/c1-25(2)12-15-5-6-16-13-26(14-17(16)10-15)22(27)11-20-18(23)7-8-19(24-20)21-4-3-9-28-21/h3-10H,11-14,23H2,1-2H3. The number of anilines is 1. The van der Waals surface area contributed by atoms with E-state index in [4.69, 9.17) is 5.73 Å². The lowest BCUT2D eigenvalue weighted by Crippen LogP contribution is -2.27. The summed E-state index contributed by atoms with van der Waals surface area (Å²) in [6.45, 7) is 2.21. The molecule has 3 heterocycles. The van der Waals surface area contributed by atoms with E-state index < -0.39 is 0 Å². The topological polar surface area (TPSA) is 62.5 Å². The van der Waals surface area contributed by atoms with Crippen molar-refractivity contribution in [3.63, 3.8) is 0 Å². The van der Waals surface area contributed by atoms with E-state index in [0.717, 1.165) is 17.1 Å². The van der Waals surface area contributed by atoms with Crippen molar-refractivity contribution in [2.75, 3.05) is 19.8 Å². The Hall–Kier alpha value is -2.70. The molecule has 144 valence electrons. The number of hydrogen-bond donors (Lipinski definition) is 1. The van der Waals surface area contributed by atoms with E-state index in [9.17, 15) is 4.79 Å². The van der Waals surface area contributed by atoms with E-state index in [-0.39, 0.29) is 12.3 Å². The van der Waals surface area contributed by atoms with E-state index in [0.29, 0.717) is 24.5 Å². The number of carbonyl (C=O) groups excluding carboxylic acids is 1. The number of fused-ring (bicyclic) bond motifs is 1. The molecule has 0 fully saturated rings. The highest BCUT2D eigenvalue weighted by Crippen LogP contribution is 2.27. The van der Waals surface area contributed by atoms with Gasteiger partial charge in [-0.25, -0.2) is 4.98 Å². The van der Waals surface area contributed by atoms with E-state index >= 15 is 0 Å². The summed E-state index contributed by atoms with van der Waals surface area (Å²) in [5.41, 5.74) is 11.9. The van der Waals surface area contributed by atoms with Crippen LogP contribution in [0.25, 0.3) is 10.6 Å². The van der Waals surface area contributed by atoms with Gasteiger partial charge in [0.15, 0.2) is 0 Å². The largest absolute Gasteiger partial charge is 0.397 e. The Kier molecular flexibility index (Phi) is 5.15.